The molecule has 2 heteroatoms. The quantitative estimate of drug-likeness (QED) is 0.0752. The van der Waals surface area contributed by atoms with Crippen LogP contribution in [0.25, 0.3) is 0 Å². The van der Waals surface area contributed by atoms with Gasteiger partial charge in [-0.1, -0.05) is 320 Å². The number of hydrogen-bond donors (Lipinski definition) is 0. The van der Waals surface area contributed by atoms with E-state index in [4.69, 9.17) is 0 Å². The Hall–Kier alpha value is -6.94. The smallest absolute Gasteiger partial charge is 0.0486 e. The summed E-state index contributed by atoms with van der Waals surface area (Å²) < 4.78 is 0. The van der Waals surface area contributed by atoms with Gasteiger partial charge in [0.25, 0.3) is 0 Å². The third-order valence-corrected chi connectivity index (χ3v) is 23.1. The summed E-state index contributed by atoms with van der Waals surface area (Å²) in [4.78, 5) is 0. The monoisotopic (exact) mass is 990 g/mol. The molecule has 74 heavy (non-hydrogen) atoms. The summed E-state index contributed by atoms with van der Waals surface area (Å²) in [5.41, 5.74) is 11.1. The molecule has 0 aromatic heterocycles. The zero-order valence-corrected chi connectivity index (χ0v) is 44.1. The van der Waals surface area contributed by atoms with Gasteiger partial charge in [0.2, 0.25) is 0 Å². The second-order valence-corrected chi connectivity index (χ2v) is 25.4. The first-order valence-corrected chi connectivity index (χ1v) is 30.2. The van der Waals surface area contributed by atoms with E-state index in [-0.39, 0.29) is 17.3 Å². The minimum atomic E-state index is -0.698. The minimum Gasteiger partial charge on any atom is -0.0740 e. The molecular formula is C72H64P2. The third-order valence-electron chi connectivity index (χ3n) is 17.2. The highest BCUT2D eigenvalue weighted by Crippen LogP contribution is 2.66. The fourth-order valence-electron chi connectivity index (χ4n) is 14.3. The van der Waals surface area contributed by atoms with Crippen LogP contribution in [-0.4, -0.2) is 24.6 Å². The molecule has 362 valence electrons. The molecule has 0 saturated carbocycles. The summed E-state index contributed by atoms with van der Waals surface area (Å²) in [6.07, 6.45) is 4.57. The molecule has 2 saturated heterocycles. The van der Waals surface area contributed by atoms with E-state index in [1.54, 1.807) is 10.6 Å². The van der Waals surface area contributed by atoms with E-state index in [1.165, 1.54) is 62.4 Å². The summed E-state index contributed by atoms with van der Waals surface area (Å²) in [5, 5.41) is 3.27. The van der Waals surface area contributed by atoms with Gasteiger partial charge >= 0.3 is 0 Å². The molecule has 5 atom stereocenters. The fourth-order valence-corrected chi connectivity index (χ4v) is 21.7. The predicted molar refractivity (Wildman–Crippen MR) is 316 cm³/mol. The van der Waals surface area contributed by atoms with Crippen molar-refractivity contribution in [1.82, 2.24) is 0 Å². The Kier molecular flexibility index (Phi) is 13.7. The van der Waals surface area contributed by atoms with Gasteiger partial charge in [0.05, 0.1) is 0 Å². The van der Waals surface area contributed by atoms with Crippen molar-refractivity contribution in [3.8, 4) is 0 Å². The van der Waals surface area contributed by atoms with Crippen molar-refractivity contribution in [2.24, 2.45) is 23.7 Å². The maximum absolute atomic E-state index is 2.59. The summed E-state index contributed by atoms with van der Waals surface area (Å²) in [6, 6.07) is 114. The van der Waals surface area contributed by atoms with Crippen molar-refractivity contribution in [3.05, 3.63) is 347 Å². The van der Waals surface area contributed by atoms with Crippen LogP contribution in [0.2, 0.25) is 0 Å². The van der Waals surface area contributed by atoms with Crippen LogP contribution in [0.5, 0.6) is 0 Å². The standard InChI is InChI=1S/C72H64P2/c1-55-51-73(52-65(55)70(56-31-11-2-12-32-56,57-33-13-3-14-34-57)58-35-15-4-16-36-58)68-49-29-30-50-69(68)74-53-66(71(59-37-17-5-18-38-59,60-39-19-6-20-40-60)61-41-21-7-22-42-61)67(54-74)72(62-43-23-8-24-44-62,63-45-25-9-26-46-63)64-47-27-10-28-48-64/h2-50,55,65-67H,51-54H2,1H3/t55-,65-,66-,67-,73?/m0/s1. The molecule has 10 aromatic rings. The van der Waals surface area contributed by atoms with Crippen molar-refractivity contribution < 1.29 is 0 Å². The molecular weight excluding hydrogens is 927 g/mol. The van der Waals surface area contributed by atoms with Gasteiger partial charge in [-0.05, 0) is 109 Å². The topological polar surface area (TPSA) is 0 Å². The van der Waals surface area contributed by atoms with Crippen LogP contribution in [0.3, 0.4) is 0 Å². The summed E-state index contributed by atoms with van der Waals surface area (Å²) in [5.74, 6) is 1.25. The van der Waals surface area contributed by atoms with Crippen molar-refractivity contribution in [2.45, 2.75) is 23.2 Å². The molecule has 1 unspecified atom stereocenters. The third kappa shape index (κ3) is 8.23. The Morgan fingerprint density at radius 3 is 0.635 bits per heavy atom. The SMILES string of the molecule is C[C@H]1CP(c2ccccc2P2C[C@H](C(c3ccccc3)(c3ccccc3)c3ccccc3)[C@@H](C(c3ccccc3)(c3ccccc3)c3ccccc3)C2)C[C@@H]1C(c1ccccc1)(c1ccccc1)c1ccccc1. The van der Waals surface area contributed by atoms with Gasteiger partial charge in [-0.15, -0.1) is 0 Å². The van der Waals surface area contributed by atoms with Crippen LogP contribution in [-0.2, 0) is 16.2 Å². The van der Waals surface area contributed by atoms with Gasteiger partial charge in [0.1, 0.15) is 0 Å². The van der Waals surface area contributed by atoms with Crippen LogP contribution in [0.1, 0.15) is 57.0 Å². The molecule has 0 aliphatic carbocycles. The lowest BCUT2D eigenvalue weighted by atomic mass is 9.51. The van der Waals surface area contributed by atoms with Gasteiger partial charge in [0, 0.05) is 16.2 Å². The molecule has 2 aliphatic heterocycles. The van der Waals surface area contributed by atoms with E-state index < -0.39 is 26.7 Å². The maximum atomic E-state index is 2.59. The van der Waals surface area contributed by atoms with Crippen molar-refractivity contribution >= 4 is 26.5 Å². The Bertz CT molecular complexity index is 2930. The highest BCUT2D eigenvalue weighted by Gasteiger charge is 2.59. The first-order valence-electron chi connectivity index (χ1n) is 26.7. The second-order valence-electron chi connectivity index (χ2n) is 20.8. The van der Waals surface area contributed by atoms with Gasteiger partial charge < -0.3 is 0 Å². The van der Waals surface area contributed by atoms with Crippen molar-refractivity contribution in [2.75, 3.05) is 24.6 Å². The Balaban J connectivity index is 1.08. The zero-order valence-electron chi connectivity index (χ0n) is 42.3. The molecule has 0 radical (unpaired) electrons. The molecule has 0 amide bonds. The van der Waals surface area contributed by atoms with Crippen LogP contribution < -0.4 is 10.6 Å². The molecule has 0 N–H and O–H groups in total. The molecule has 0 nitrogen and oxygen atoms in total. The Morgan fingerprint density at radius 1 is 0.230 bits per heavy atom. The van der Waals surface area contributed by atoms with Crippen molar-refractivity contribution in [1.29, 1.82) is 0 Å². The fraction of sp³-hybridized carbons (Fsp3) is 0.167. The molecule has 0 spiro atoms. The number of benzene rings is 10. The van der Waals surface area contributed by atoms with Crippen LogP contribution in [0.4, 0.5) is 0 Å². The van der Waals surface area contributed by atoms with E-state index in [9.17, 15) is 0 Å². The van der Waals surface area contributed by atoms with Crippen LogP contribution >= 0.6 is 15.8 Å². The normalized spacial score (nSPS) is 19.3. The van der Waals surface area contributed by atoms with Crippen molar-refractivity contribution in [3.63, 3.8) is 0 Å². The maximum Gasteiger partial charge on any atom is 0.0486 e. The summed E-state index contributed by atoms with van der Waals surface area (Å²) in [6.45, 7) is 2.58. The lowest BCUT2D eigenvalue weighted by molar-refractivity contribution is 0.244. The Morgan fingerprint density at radius 2 is 0.405 bits per heavy atom. The predicted octanol–water partition coefficient (Wildman–Crippen LogP) is 16.5. The average molecular weight is 991 g/mol. The zero-order chi connectivity index (χ0) is 49.8. The highest BCUT2D eigenvalue weighted by atomic mass is 31.1. The van der Waals surface area contributed by atoms with Gasteiger partial charge in [-0.3, -0.25) is 0 Å². The number of rotatable bonds is 14. The first kappa shape index (κ1) is 48.0. The highest BCUT2D eigenvalue weighted by molar-refractivity contribution is 7.72. The van der Waals surface area contributed by atoms with Gasteiger partial charge in [-0.25, -0.2) is 0 Å². The lowest BCUT2D eigenvalue weighted by Crippen LogP contribution is -2.49. The molecule has 10 aromatic carbocycles. The first-order chi connectivity index (χ1) is 36.6. The second kappa shape index (κ2) is 21.1. The Labute approximate surface area is 442 Å². The minimum absolute atomic E-state index is 0.180. The van der Waals surface area contributed by atoms with E-state index in [0.717, 1.165) is 12.3 Å². The average Bonchev–Trinajstić information content (AvgIpc) is 4.14. The van der Waals surface area contributed by atoms with Crippen LogP contribution in [0, 0.1) is 23.7 Å². The van der Waals surface area contributed by atoms with Crippen LogP contribution in [0.15, 0.2) is 297 Å². The molecule has 12 rings (SSSR count). The lowest BCUT2D eigenvalue weighted by Gasteiger charge is -2.50. The molecule has 2 heterocycles. The van der Waals surface area contributed by atoms with E-state index >= 15 is 0 Å². The van der Waals surface area contributed by atoms with E-state index in [2.05, 4.69) is 304 Å². The van der Waals surface area contributed by atoms with Gasteiger partial charge in [-0.2, -0.15) is 0 Å². The van der Waals surface area contributed by atoms with E-state index in [0.29, 0.717) is 11.8 Å². The summed E-state index contributed by atoms with van der Waals surface area (Å²) in [7, 11) is -1.22. The summed E-state index contributed by atoms with van der Waals surface area (Å²) >= 11 is 0. The van der Waals surface area contributed by atoms with Gasteiger partial charge in [0.15, 0.2) is 0 Å². The largest absolute Gasteiger partial charge is 0.0740 e. The molecule has 2 aliphatic rings. The molecule has 0 bridgehead atoms. The number of hydrogen-bond acceptors (Lipinski definition) is 0. The molecule has 2 fully saturated rings. The van der Waals surface area contributed by atoms with E-state index in [1.807, 2.05) is 0 Å².